The van der Waals surface area contributed by atoms with Crippen molar-refractivity contribution in [2.45, 2.75) is 37.6 Å². The Bertz CT molecular complexity index is 677. The number of ether oxygens (including phenoxy) is 1. The van der Waals surface area contributed by atoms with Gasteiger partial charge in [0.05, 0.1) is 17.6 Å². The number of aryl methyl sites for hydroxylation is 1. The van der Waals surface area contributed by atoms with E-state index in [1.54, 1.807) is 13.0 Å². The molecule has 1 unspecified atom stereocenters. The van der Waals surface area contributed by atoms with Gasteiger partial charge in [0.25, 0.3) is 0 Å². The van der Waals surface area contributed by atoms with E-state index in [1.807, 2.05) is 6.92 Å². The summed E-state index contributed by atoms with van der Waals surface area (Å²) in [5.41, 5.74) is 6.86. The topological polar surface area (TPSA) is 89.7 Å². The van der Waals surface area contributed by atoms with Gasteiger partial charge < -0.3 is 10.5 Å². The van der Waals surface area contributed by atoms with Gasteiger partial charge in [0, 0.05) is 19.1 Å². The third-order valence-corrected chi connectivity index (χ3v) is 6.39. The highest BCUT2D eigenvalue weighted by Gasteiger charge is 2.31. The van der Waals surface area contributed by atoms with E-state index in [0.717, 1.165) is 12.8 Å². The van der Waals surface area contributed by atoms with Crippen molar-refractivity contribution in [3.05, 3.63) is 29.3 Å². The van der Waals surface area contributed by atoms with Gasteiger partial charge in [-0.1, -0.05) is 6.07 Å². The molecule has 128 valence electrons. The van der Waals surface area contributed by atoms with Crippen molar-refractivity contribution in [2.24, 2.45) is 11.7 Å². The number of hydrogen-bond donors (Lipinski definition) is 1. The largest absolute Gasteiger partial charge is 0.465 e. The van der Waals surface area contributed by atoms with E-state index >= 15 is 0 Å². The van der Waals surface area contributed by atoms with E-state index in [2.05, 4.69) is 0 Å². The van der Waals surface area contributed by atoms with Crippen LogP contribution in [0.15, 0.2) is 23.1 Å². The van der Waals surface area contributed by atoms with Crippen LogP contribution in [0.1, 0.15) is 35.7 Å². The van der Waals surface area contributed by atoms with E-state index in [9.17, 15) is 13.2 Å². The minimum atomic E-state index is -3.61. The molecule has 0 aliphatic carbocycles. The van der Waals surface area contributed by atoms with Crippen LogP contribution in [0, 0.1) is 12.8 Å². The number of hydrogen-bond acceptors (Lipinski definition) is 5. The zero-order valence-electron chi connectivity index (χ0n) is 13.8. The average Bonchev–Trinajstić information content (AvgIpc) is 2.54. The summed E-state index contributed by atoms with van der Waals surface area (Å²) in [6, 6.07) is 4.64. The summed E-state index contributed by atoms with van der Waals surface area (Å²) < 4.78 is 31.7. The zero-order valence-corrected chi connectivity index (χ0v) is 14.6. The molecule has 6 nitrogen and oxygen atoms in total. The van der Waals surface area contributed by atoms with Crippen LogP contribution in [0.3, 0.4) is 0 Å². The van der Waals surface area contributed by atoms with Crippen LogP contribution in [0.5, 0.6) is 0 Å². The van der Waals surface area contributed by atoms with Crippen molar-refractivity contribution in [1.29, 1.82) is 0 Å². The number of carbonyl (C=O) groups excluding carboxylic acids is 1. The number of carbonyl (C=O) groups is 1. The predicted octanol–water partition coefficient (Wildman–Crippen LogP) is 1.53. The lowest BCUT2D eigenvalue weighted by Crippen LogP contribution is -2.42. The predicted molar refractivity (Wildman–Crippen MR) is 87.7 cm³/mol. The van der Waals surface area contributed by atoms with Crippen LogP contribution in [-0.2, 0) is 14.8 Å². The van der Waals surface area contributed by atoms with Gasteiger partial charge in [0.2, 0.25) is 10.0 Å². The van der Waals surface area contributed by atoms with Crippen molar-refractivity contribution in [2.75, 3.05) is 20.2 Å². The molecule has 2 N–H and O–H groups in total. The fourth-order valence-corrected chi connectivity index (χ4v) is 4.38. The first-order valence-corrected chi connectivity index (χ1v) is 9.16. The Morgan fingerprint density at radius 1 is 1.35 bits per heavy atom. The van der Waals surface area contributed by atoms with Crippen LogP contribution in [0.25, 0.3) is 0 Å². The summed E-state index contributed by atoms with van der Waals surface area (Å²) >= 11 is 0. The number of nitrogens with two attached hydrogens (primary N) is 1. The molecule has 0 radical (unpaired) electrons. The summed E-state index contributed by atoms with van der Waals surface area (Å²) in [6.07, 6.45) is 1.51. The number of sulfonamides is 1. The van der Waals surface area contributed by atoms with Gasteiger partial charge in [-0.05, 0) is 50.3 Å². The summed E-state index contributed by atoms with van der Waals surface area (Å²) in [6.45, 7) is 4.61. The molecule has 2 rings (SSSR count). The molecule has 1 heterocycles. The van der Waals surface area contributed by atoms with Gasteiger partial charge in [0.15, 0.2) is 0 Å². The Morgan fingerprint density at radius 3 is 2.48 bits per heavy atom. The van der Waals surface area contributed by atoms with Gasteiger partial charge >= 0.3 is 5.97 Å². The van der Waals surface area contributed by atoms with Gasteiger partial charge in [-0.3, -0.25) is 0 Å². The molecule has 1 saturated heterocycles. The van der Waals surface area contributed by atoms with Crippen molar-refractivity contribution >= 4 is 16.0 Å². The van der Waals surface area contributed by atoms with Gasteiger partial charge in [-0.25, -0.2) is 13.2 Å². The van der Waals surface area contributed by atoms with Crippen LogP contribution in [0.4, 0.5) is 0 Å². The molecule has 7 heteroatoms. The van der Waals surface area contributed by atoms with Crippen LogP contribution >= 0.6 is 0 Å². The Labute approximate surface area is 137 Å². The van der Waals surface area contributed by atoms with E-state index < -0.39 is 16.0 Å². The Balaban J connectivity index is 2.25. The highest BCUT2D eigenvalue weighted by molar-refractivity contribution is 7.89. The molecule has 1 aliphatic heterocycles. The van der Waals surface area contributed by atoms with Gasteiger partial charge in [-0.2, -0.15) is 4.31 Å². The SMILES string of the molecule is COC(=O)c1cc(S(=O)(=O)N2CCC(C(C)N)CC2)ccc1C. The Hall–Kier alpha value is -1.44. The second kappa shape index (κ2) is 6.98. The monoisotopic (exact) mass is 340 g/mol. The second-order valence-corrected chi connectivity index (χ2v) is 8.01. The highest BCUT2D eigenvalue weighted by Crippen LogP contribution is 2.26. The van der Waals surface area contributed by atoms with Crippen molar-refractivity contribution < 1.29 is 17.9 Å². The van der Waals surface area contributed by atoms with E-state index in [4.69, 9.17) is 10.5 Å². The van der Waals surface area contributed by atoms with E-state index in [-0.39, 0.29) is 16.5 Å². The molecular weight excluding hydrogens is 316 g/mol. The summed E-state index contributed by atoms with van der Waals surface area (Å²) in [7, 11) is -2.33. The molecule has 23 heavy (non-hydrogen) atoms. The molecule has 0 saturated carbocycles. The molecule has 0 aromatic heterocycles. The third kappa shape index (κ3) is 3.73. The Morgan fingerprint density at radius 2 is 1.96 bits per heavy atom. The molecule has 1 atom stereocenters. The Kier molecular flexibility index (Phi) is 5.44. The van der Waals surface area contributed by atoms with Gasteiger partial charge in [-0.15, -0.1) is 0 Å². The van der Waals surface area contributed by atoms with Crippen LogP contribution in [0.2, 0.25) is 0 Å². The summed E-state index contributed by atoms with van der Waals surface area (Å²) in [5.74, 6) is -0.180. The van der Waals surface area contributed by atoms with Gasteiger partial charge in [0.1, 0.15) is 0 Å². The number of esters is 1. The van der Waals surface area contributed by atoms with E-state index in [0.29, 0.717) is 24.6 Å². The first kappa shape index (κ1) is 17.9. The first-order chi connectivity index (χ1) is 10.8. The maximum atomic E-state index is 12.8. The fourth-order valence-electron chi connectivity index (χ4n) is 2.88. The molecule has 1 aromatic rings. The molecular formula is C16H24N2O4S. The maximum Gasteiger partial charge on any atom is 0.338 e. The zero-order chi connectivity index (χ0) is 17.2. The quantitative estimate of drug-likeness (QED) is 0.840. The number of rotatable bonds is 4. The smallest absolute Gasteiger partial charge is 0.338 e. The normalized spacial score (nSPS) is 18.6. The molecule has 1 aromatic carbocycles. The third-order valence-electron chi connectivity index (χ3n) is 4.49. The summed E-state index contributed by atoms with van der Waals surface area (Å²) in [5, 5.41) is 0. The van der Waals surface area contributed by atoms with E-state index in [1.165, 1.54) is 23.5 Å². The number of benzene rings is 1. The number of nitrogens with zero attached hydrogens (tertiary/aromatic N) is 1. The molecule has 1 aliphatic rings. The number of piperidine rings is 1. The summed E-state index contributed by atoms with van der Waals surface area (Å²) in [4.78, 5) is 11.9. The molecule has 1 fully saturated rings. The average molecular weight is 340 g/mol. The van der Waals surface area contributed by atoms with Crippen LogP contribution < -0.4 is 5.73 Å². The standard InChI is InChI=1S/C16H24N2O4S/c1-11-4-5-14(10-15(11)16(19)22-3)23(20,21)18-8-6-13(7-9-18)12(2)17/h4-5,10,12-13H,6-9,17H2,1-3H3. The lowest BCUT2D eigenvalue weighted by molar-refractivity contribution is 0.0599. The maximum absolute atomic E-state index is 12.8. The number of methoxy groups -OCH3 is 1. The molecule has 0 bridgehead atoms. The van der Waals surface area contributed by atoms with Crippen molar-refractivity contribution in [3.63, 3.8) is 0 Å². The first-order valence-electron chi connectivity index (χ1n) is 7.72. The highest BCUT2D eigenvalue weighted by atomic mass is 32.2. The lowest BCUT2D eigenvalue weighted by atomic mass is 9.92. The fraction of sp³-hybridized carbons (Fsp3) is 0.562. The second-order valence-electron chi connectivity index (χ2n) is 6.07. The van der Waals surface area contributed by atoms with Crippen molar-refractivity contribution in [3.8, 4) is 0 Å². The molecule has 0 spiro atoms. The van der Waals surface area contributed by atoms with Crippen molar-refractivity contribution in [1.82, 2.24) is 4.31 Å². The lowest BCUT2D eigenvalue weighted by Gasteiger charge is -2.33. The minimum absolute atomic E-state index is 0.0742. The van der Waals surface area contributed by atoms with Crippen LogP contribution in [-0.4, -0.2) is 44.9 Å². The minimum Gasteiger partial charge on any atom is -0.465 e. The molecule has 0 amide bonds.